The quantitative estimate of drug-likeness (QED) is 0.725. The molecule has 0 amide bonds. The molecule has 1 N–H and O–H groups in total. The first-order valence-electron chi connectivity index (χ1n) is 9.34. The van der Waals surface area contributed by atoms with Crippen molar-refractivity contribution in [2.45, 2.75) is 36.3 Å². The van der Waals surface area contributed by atoms with E-state index in [1.807, 2.05) is 0 Å². The number of benzene rings is 2. The van der Waals surface area contributed by atoms with E-state index >= 15 is 0 Å². The largest absolute Gasteiger partial charge is 0.496 e. The third-order valence-electron chi connectivity index (χ3n) is 6.39. The van der Waals surface area contributed by atoms with Crippen molar-refractivity contribution in [3.63, 3.8) is 0 Å². The van der Waals surface area contributed by atoms with Gasteiger partial charge in [-0.2, -0.15) is 0 Å². The number of aliphatic hydroxyl groups excluding tert-OH is 1. The number of hydrogen-bond acceptors (Lipinski definition) is 8. The van der Waals surface area contributed by atoms with Crippen molar-refractivity contribution in [1.29, 1.82) is 0 Å². The summed E-state index contributed by atoms with van der Waals surface area (Å²) in [6, 6.07) is 8.37. The lowest BCUT2D eigenvalue weighted by Crippen LogP contribution is -2.65. The number of Topliss-reactive ketones (excluding diaryl/α,β-unsaturated/α-hetero) is 2. The molecule has 2 spiro atoms. The monoisotopic (exact) mass is 394 g/mol. The van der Waals surface area contributed by atoms with Crippen molar-refractivity contribution in [3.8, 4) is 17.2 Å². The lowest BCUT2D eigenvalue weighted by Gasteiger charge is -2.55. The zero-order valence-electron chi connectivity index (χ0n) is 15.1. The first-order valence-corrected chi connectivity index (χ1v) is 9.34. The minimum atomic E-state index is -1.63. The third kappa shape index (κ3) is 1.57. The Morgan fingerprint density at radius 2 is 1.86 bits per heavy atom. The van der Waals surface area contributed by atoms with Gasteiger partial charge in [-0.05, 0) is 18.2 Å². The van der Waals surface area contributed by atoms with E-state index < -0.39 is 29.9 Å². The van der Waals surface area contributed by atoms with Crippen LogP contribution in [0.4, 0.5) is 0 Å². The number of methoxy groups -OCH3 is 1. The van der Waals surface area contributed by atoms with E-state index in [-0.39, 0.29) is 18.0 Å². The van der Waals surface area contributed by atoms with Gasteiger partial charge in [-0.15, -0.1) is 0 Å². The van der Waals surface area contributed by atoms with Crippen LogP contribution >= 0.6 is 0 Å². The maximum absolute atomic E-state index is 12.9. The van der Waals surface area contributed by atoms with Crippen LogP contribution in [0.2, 0.25) is 0 Å². The molecule has 0 unspecified atom stereocenters. The molecule has 3 aliphatic heterocycles. The molecule has 8 heteroatoms. The van der Waals surface area contributed by atoms with E-state index in [1.54, 1.807) is 30.3 Å². The molecule has 5 atom stereocenters. The number of ether oxygens (including phenoxy) is 5. The highest BCUT2D eigenvalue weighted by Crippen LogP contribution is 2.65. The van der Waals surface area contributed by atoms with Gasteiger partial charge in [0.05, 0.1) is 23.8 Å². The standard InChI is InChI=1S/C21H14O8/c1-25-10-5-6-12-16-14(10)17(24)18-19(26-18)21(16)28-11-4-2-3-8-9(22)7-13(23)20(27-12,29-21)15(8)11/h2-6,13,18-19,23H,7H2,1H3/t13-,18-,19-,20-,21+/m1/s1. The van der Waals surface area contributed by atoms with Crippen LogP contribution < -0.4 is 14.2 Å². The van der Waals surface area contributed by atoms with Crippen LogP contribution in [0.15, 0.2) is 30.3 Å². The highest BCUT2D eigenvalue weighted by Gasteiger charge is 2.76. The second-order valence-electron chi connectivity index (χ2n) is 7.82. The summed E-state index contributed by atoms with van der Waals surface area (Å²) in [5.41, 5.74) is 1.44. The number of carbonyl (C=O) groups excluding carboxylic acids is 2. The van der Waals surface area contributed by atoms with Crippen molar-refractivity contribution in [2.75, 3.05) is 7.11 Å². The Morgan fingerprint density at radius 3 is 2.69 bits per heavy atom. The number of aliphatic hydroxyl groups is 1. The summed E-state index contributed by atoms with van der Waals surface area (Å²) >= 11 is 0. The number of fused-ring (bicyclic) bond motifs is 1. The van der Waals surface area contributed by atoms with Crippen LogP contribution in [0.5, 0.6) is 17.2 Å². The summed E-state index contributed by atoms with van der Waals surface area (Å²) in [4.78, 5) is 25.5. The highest BCUT2D eigenvalue weighted by molar-refractivity contribution is 6.07. The topological polar surface area (TPSA) is 104 Å². The molecular formula is C21H14O8. The Morgan fingerprint density at radius 1 is 1.07 bits per heavy atom. The third-order valence-corrected chi connectivity index (χ3v) is 6.39. The highest BCUT2D eigenvalue weighted by atomic mass is 16.8. The molecular weight excluding hydrogens is 380 g/mol. The Labute approximate surface area is 163 Å². The molecule has 8 nitrogen and oxygen atoms in total. The van der Waals surface area contributed by atoms with Crippen LogP contribution in [-0.2, 0) is 21.0 Å². The molecule has 7 rings (SSSR count). The second-order valence-corrected chi connectivity index (χ2v) is 7.82. The molecule has 3 heterocycles. The Balaban J connectivity index is 1.59. The zero-order chi connectivity index (χ0) is 19.7. The van der Waals surface area contributed by atoms with Gasteiger partial charge in [0.25, 0.3) is 11.6 Å². The fourth-order valence-corrected chi connectivity index (χ4v) is 5.14. The number of epoxide rings is 1. The summed E-state index contributed by atoms with van der Waals surface area (Å²) in [5.74, 6) is -2.48. The molecule has 2 aliphatic carbocycles. The fraction of sp³-hybridized carbons (Fsp3) is 0.333. The van der Waals surface area contributed by atoms with Gasteiger partial charge in [-0.25, -0.2) is 0 Å². The van der Waals surface area contributed by atoms with Crippen LogP contribution in [0.3, 0.4) is 0 Å². The van der Waals surface area contributed by atoms with E-state index in [0.29, 0.717) is 39.5 Å². The van der Waals surface area contributed by atoms with Crippen LogP contribution in [0, 0.1) is 0 Å². The van der Waals surface area contributed by atoms with Gasteiger partial charge in [0.1, 0.15) is 23.4 Å². The maximum Gasteiger partial charge on any atom is 0.274 e. The van der Waals surface area contributed by atoms with E-state index in [0.717, 1.165) is 0 Å². The van der Waals surface area contributed by atoms with Crippen LogP contribution in [0.1, 0.15) is 38.3 Å². The summed E-state index contributed by atoms with van der Waals surface area (Å²) in [6.45, 7) is 0. The summed E-state index contributed by atoms with van der Waals surface area (Å²) in [7, 11) is 1.48. The van der Waals surface area contributed by atoms with E-state index in [2.05, 4.69) is 0 Å². The molecule has 0 radical (unpaired) electrons. The smallest absolute Gasteiger partial charge is 0.274 e. The van der Waals surface area contributed by atoms with Crippen molar-refractivity contribution < 1.29 is 38.4 Å². The van der Waals surface area contributed by atoms with Gasteiger partial charge in [0, 0.05) is 12.0 Å². The molecule has 2 bridgehead atoms. The average molecular weight is 394 g/mol. The van der Waals surface area contributed by atoms with Gasteiger partial charge < -0.3 is 24.1 Å². The number of ketones is 2. The Bertz CT molecular complexity index is 1170. The van der Waals surface area contributed by atoms with Gasteiger partial charge in [-0.3, -0.25) is 14.3 Å². The minimum absolute atomic E-state index is 0.154. The molecule has 2 aromatic carbocycles. The Hall–Kier alpha value is -2.94. The average Bonchev–Trinajstić information content (AvgIpc) is 3.52. The zero-order valence-corrected chi connectivity index (χ0v) is 15.1. The lowest BCUT2D eigenvalue weighted by atomic mass is 9.77. The van der Waals surface area contributed by atoms with Gasteiger partial charge >= 0.3 is 0 Å². The molecule has 29 heavy (non-hydrogen) atoms. The Kier molecular flexibility index (Phi) is 2.53. The minimum Gasteiger partial charge on any atom is -0.496 e. The summed E-state index contributed by atoms with van der Waals surface area (Å²) in [6.07, 6.45) is -2.82. The normalized spacial score (nSPS) is 36.8. The van der Waals surface area contributed by atoms with Crippen molar-refractivity contribution in [3.05, 3.63) is 52.6 Å². The van der Waals surface area contributed by atoms with E-state index in [1.165, 1.54) is 7.11 Å². The van der Waals surface area contributed by atoms with Gasteiger partial charge in [-0.1, -0.05) is 12.1 Å². The predicted molar refractivity (Wildman–Crippen MR) is 93.1 cm³/mol. The predicted octanol–water partition coefficient (Wildman–Crippen LogP) is 1.41. The SMILES string of the molecule is COc1ccc2c3c1C(=O)[C@H]1O[C@H]1[C@]31Oc3cccc4c3[C@](O2)(O1)[C@H](O)CC4=O. The molecule has 1 saturated heterocycles. The first kappa shape index (κ1) is 15.9. The number of hydrogen-bond donors (Lipinski definition) is 1. The lowest BCUT2D eigenvalue weighted by molar-refractivity contribution is -0.388. The van der Waals surface area contributed by atoms with Gasteiger partial charge in [0.15, 0.2) is 23.8 Å². The molecule has 5 aliphatic rings. The van der Waals surface area contributed by atoms with Crippen LogP contribution in [-0.4, -0.2) is 42.1 Å². The second kappa shape index (κ2) is 4.62. The van der Waals surface area contributed by atoms with Crippen molar-refractivity contribution >= 4 is 11.6 Å². The van der Waals surface area contributed by atoms with E-state index in [9.17, 15) is 14.7 Å². The molecule has 1 fully saturated rings. The summed E-state index contributed by atoms with van der Waals surface area (Å²) < 4.78 is 30.1. The number of rotatable bonds is 1. The molecule has 0 saturated carbocycles. The molecule has 2 aromatic rings. The first-order chi connectivity index (χ1) is 14.0. The van der Waals surface area contributed by atoms with Gasteiger partial charge in [0.2, 0.25) is 0 Å². The summed E-state index contributed by atoms with van der Waals surface area (Å²) in [5, 5.41) is 11.0. The number of carbonyl (C=O) groups is 2. The fourth-order valence-electron chi connectivity index (χ4n) is 5.14. The van der Waals surface area contributed by atoms with Crippen molar-refractivity contribution in [2.24, 2.45) is 0 Å². The molecule has 146 valence electrons. The van der Waals surface area contributed by atoms with Crippen LogP contribution in [0.25, 0.3) is 0 Å². The maximum atomic E-state index is 12.9. The van der Waals surface area contributed by atoms with Crippen molar-refractivity contribution in [1.82, 2.24) is 0 Å². The van der Waals surface area contributed by atoms with E-state index in [4.69, 9.17) is 23.7 Å². The molecule has 0 aromatic heterocycles.